The van der Waals surface area contributed by atoms with Gasteiger partial charge in [0.1, 0.15) is 0 Å². The van der Waals surface area contributed by atoms with Crippen molar-refractivity contribution in [2.75, 3.05) is 18.4 Å². The number of benzene rings is 1. The molecular formula is C11H14BrF2N. The summed E-state index contributed by atoms with van der Waals surface area (Å²) >= 11 is 3.27. The third-order valence-corrected chi connectivity index (χ3v) is 2.40. The van der Waals surface area contributed by atoms with Crippen molar-refractivity contribution in [1.29, 1.82) is 0 Å². The highest BCUT2D eigenvalue weighted by atomic mass is 79.9. The van der Waals surface area contributed by atoms with E-state index in [1.165, 1.54) is 0 Å². The number of halogens is 3. The van der Waals surface area contributed by atoms with Crippen LogP contribution in [0, 0.1) is 0 Å². The van der Waals surface area contributed by atoms with Gasteiger partial charge in [-0.2, -0.15) is 0 Å². The number of nitrogens with zero attached hydrogens (tertiary/aromatic N) is 1. The van der Waals surface area contributed by atoms with Gasteiger partial charge in [-0.15, -0.1) is 0 Å². The second kappa shape index (κ2) is 6.90. The molecule has 0 spiro atoms. The van der Waals surface area contributed by atoms with Gasteiger partial charge in [0.15, 0.2) is 0 Å². The van der Waals surface area contributed by atoms with Gasteiger partial charge in [0, 0.05) is 18.4 Å². The van der Waals surface area contributed by atoms with Crippen LogP contribution >= 0.6 is 15.9 Å². The number of rotatable bonds is 6. The molecule has 15 heavy (non-hydrogen) atoms. The fraction of sp³-hybridized carbons (Fsp3) is 0.455. The fourth-order valence-corrected chi connectivity index (χ4v) is 1.89. The number of alkyl halides is 3. The summed E-state index contributed by atoms with van der Waals surface area (Å²) in [7, 11) is 0. The van der Waals surface area contributed by atoms with Crippen LogP contribution in [0.15, 0.2) is 30.3 Å². The number of hydrogen-bond acceptors (Lipinski definition) is 1. The average Bonchev–Trinajstić information content (AvgIpc) is 2.18. The van der Waals surface area contributed by atoms with Crippen molar-refractivity contribution >= 4 is 15.9 Å². The zero-order valence-corrected chi connectivity index (χ0v) is 9.96. The average molecular weight is 278 g/mol. The minimum atomic E-state index is -2.27. The zero-order chi connectivity index (χ0) is 11.1. The Hall–Kier alpha value is -0.480. The van der Waals surface area contributed by atoms with Crippen molar-refractivity contribution in [2.45, 2.75) is 13.0 Å². The summed E-state index contributed by atoms with van der Waals surface area (Å²) in [6, 6.07) is 9.67. The van der Waals surface area contributed by atoms with E-state index >= 15 is 0 Å². The Kier molecular flexibility index (Phi) is 5.79. The molecule has 0 aliphatic carbocycles. The van der Waals surface area contributed by atoms with E-state index in [9.17, 15) is 8.78 Å². The van der Waals surface area contributed by atoms with Crippen LogP contribution in [0.1, 0.15) is 5.56 Å². The van der Waals surface area contributed by atoms with E-state index in [0.717, 1.165) is 5.56 Å². The van der Waals surface area contributed by atoms with Crippen LogP contribution < -0.4 is 0 Å². The van der Waals surface area contributed by atoms with Gasteiger partial charge in [-0.05, 0) is 5.56 Å². The highest BCUT2D eigenvalue weighted by molar-refractivity contribution is 9.09. The maximum Gasteiger partial charge on any atom is 0.251 e. The third-order valence-electron chi connectivity index (χ3n) is 2.05. The van der Waals surface area contributed by atoms with Crippen molar-refractivity contribution in [2.24, 2.45) is 0 Å². The molecule has 4 heteroatoms. The molecule has 0 radical (unpaired) electrons. The first kappa shape index (κ1) is 12.6. The summed E-state index contributed by atoms with van der Waals surface area (Å²) in [5.41, 5.74) is 1.07. The minimum Gasteiger partial charge on any atom is -0.293 e. The molecule has 0 aromatic heterocycles. The Labute approximate surface area is 97.2 Å². The summed E-state index contributed by atoms with van der Waals surface area (Å²) in [6.07, 6.45) is -2.27. The highest BCUT2D eigenvalue weighted by Gasteiger charge is 2.11. The Morgan fingerprint density at radius 2 is 1.87 bits per heavy atom. The van der Waals surface area contributed by atoms with Crippen LogP contribution in [0.3, 0.4) is 0 Å². The van der Waals surface area contributed by atoms with E-state index in [4.69, 9.17) is 0 Å². The monoisotopic (exact) mass is 277 g/mol. The summed E-state index contributed by atoms with van der Waals surface area (Å²) in [4.78, 5) is 1.74. The maximum absolute atomic E-state index is 12.3. The second-order valence-electron chi connectivity index (χ2n) is 3.30. The molecule has 0 saturated heterocycles. The van der Waals surface area contributed by atoms with Gasteiger partial charge < -0.3 is 0 Å². The number of hydrogen-bond donors (Lipinski definition) is 0. The summed E-state index contributed by atoms with van der Waals surface area (Å²) < 4.78 is 24.5. The fourth-order valence-electron chi connectivity index (χ4n) is 1.39. The van der Waals surface area contributed by atoms with E-state index in [0.29, 0.717) is 18.4 Å². The highest BCUT2D eigenvalue weighted by Crippen LogP contribution is 2.07. The van der Waals surface area contributed by atoms with Crippen LogP contribution in [0.5, 0.6) is 0 Å². The minimum absolute atomic E-state index is 0.166. The molecule has 0 heterocycles. The lowest BCUT2D eigenvalue weighted by molar-refractivity contribution is 0.0881. The quantitative estimate of drug-likeness (QED) is 0.722. The van der Waals surface area contributed by atoms with Crippen LogP contribution in [-0.4, -0.2) is 29.7 Å². The predicted octanol–water partition coefficient (Wildman–Crippen LogP) is 3.15. The van der Waals surface area contributed by atoms with Crippen molar-refractivity contribution in [3.05, 3.63) is 35.9 Å². The first-order valence-electron chi connectivity index (χ1n) is 4.82. The molecule has 0 aliphatic heterocycles. The summed E-state index contributed by atoms with van der Waals surface area (Å²) in [5, 5.41) is 0.715. The van der Waals surface area contributed by atoms with Crippen LogP contribution in [0.2, 0.25) is 0 Å². The van der Waals surface area contributed by atoms with Crippen LogP contribution in [0.25, 0.3) is 0 Å². The molecule has 1 rings (SSSR count). The van der Waals surface area contributed by atoms with Gasteiger partial charge in [0.05, 0.1) is 6.54 Å². The maximum atomic E-state index is 12.3. The molecule has 0 atom stereocenters. The Balaban J connectivity index is 2.50. The molecule has 0 fully saturated rings. The standard InChI is InChI=1S/C11H14BrF2N/c12-6-7-15(9-11(13)14)8-10-4-2-1-3-5-10/h1-5,11H,6-9H2. The largest absolute Gasteiger partial charge is 0.293 e. The first-order chi connectivity index (χ1) is 7.22. The molecule has 1 aromatic carbocycles. The van der Waals surface area contributed by atoms with E-state index < -0.39 is 6.43 Å². The normalized spacial score (nSPS) is 11.3. The summed E-state index contributed by atoms with van der Waals surface area (Å²) in [6.45, 7) is 1.05. The molecule has 1 nitrogen and oxygen atoms in total. The lowest BCUT2D eigenvalue weighted by Gasteiger charge is -2.20. The van der Waals surface area contributed by atoms with Gasteiger partial charge >= 0.3 is 0 Å². The van der Waals surface area contributed by atoms with Gasteiger partial charge in [-0.1, -0.05) is 46.3 Å². The SMILES string of the molecule is FC(F)CN(CCBr)Cc1ccccc1. The molecule has 0 N–H and O–H groups in total. The van der Waals surface area contributed by atoms with Gasteiger partial charge in [0.2, 0.25) is 0 Å². The Bertz CT molecular complexity index is 267. The first-order valence-corrected chi connectivity index (χ1v) is 5.95. The lowest BCUT2D eigenvalue weighted by Crippen LogP contribution is -2.30. The lowest BCUT2D eigenvalue weighted by atomic mass is 10.2. The van der Waals surface area contributed by atoms with E-state index in [2.05, 4.69) is 15.9 Å². The van der Waals surface area contributed by atoms with Crippen molar-refractivity contribution in [1.82, 2.24) is 4.90 Å². The van der Waals surface area contributed by atoms with Crippen molar-refractivity contribution in [3.8, 4) is 0 Å². The van der Waals surface area contributed by atoms with E-state index in [-0.39, 0.29) is 6.54 Å². The topological polar surface area (TPSA) is 3.24 Å². The third kappa shape index (κ3) is 5.23. The van der Waals surface area contributed by atoms with E-state index in [1.54, 1.807) is 4.90 Å². The zero-order valence-electron chi connectivity index (χ0n) is 8.37. The Morgan fingerprint density at radius 1 is 1.20 bits per heavy atom. The molecule has 0 aliphatic rings. The Morgan fingerprint density at radius 3 is 2.40 bits per heavy atom. The molecule has 0 unspecified atom stereocenters. The van der Waals surface area contributed by atoms with Crippen molar-refractivity contribution in [3.63, 3.8) is 0 Å². The molecule has 0 bridgehead atoms. The molecule has 0 amide bonds. The molecular weight excluding hydrogens is 264 g/mol. The molecule has 84 valence electrons. The predicted molar refractivity (Wildman–Crippen MR) is 61.5 cm³/mol. The van der Waals surface area contributed by atoms with Crippen LogP contribution in [0.4, 0.5) is 8.78 Å². The van der Waals surface area contributed by atoms with Gasteiger partial charge in [-0.3, -0.25) is 4.90 Å². The summed E-state index contributed by atoms with van der Waals surface area (Å²) in [5.74, 6) is 0. The van der Waals surface area contributed by atoms with E-state index in [1.807, 2.05) is 30.3 Å². The van der Waals surface area contributed by atoms with Gasteiger partial charge in [-0.25, -0.2) is 8.78 Å². The van der Waals surface area contributed by atoms with Crippen molar-refractivity contribution < 1.29 is 8.78 Å². The van der Waals surface area contributed by atoms with Crippen LogP contribution in [-0.2, 0) is 6.54 Å². The second-order valence-corrected chi connectivity index (χ2v) is 4.09. The van der Waals surface area contributed by atoms with Gasteiger partial charge in [0.25, 0.3) is 6.43 Å². The molecule has 1 aromatic rings. The molecule has 0 saturated carbocycles. The smallest absolute Gasteiger partial charge is 0.251 e.